The Bertz CT molecular complexity index is 265. The lowest BCUT2D eigenvalue weighted by Gasteiger charge is -2.21. The van der Waals surface area contributed by atoms with Crippen LogP contribution >= 0.6 is 0 Å². The summed E-state index contributed by atoms with van der Waals surface area (Å²) in [7, 11) is 0. The second-order valence-corrected chi connectivity index (χ2v) is 5.81. The predicted octanol–water partition coefficient (Wildman–Crippen LogP) is 1.95. The molecule has 3 atom stereocenters. The Morgan fingerprint density at radius 3 is 2.35 bits per heavy atom. The van der Waals surface area contributed by atoms with Gasteiger partial charge in [0.2, 0.25) is 5.91 Å². The van der Waals surface area contributed by atoms with E-state index in [4.69, 9.17) is 0 Å². The molecule has 0 aromatic rings. The van der Waals surface area contributed by atoms with Gasteiger partial charge in [-0.05, 0) is 37.0 Å². The number of aliphatic hydroxyl groups is 1. The van der Waals surface area contributed by atoms with Crippen molar-refractivity contribution in [2.24, 2.45) is 23.7 Å². The number of nitrogens with one attached hydrogen (secondary N) is 1. The fourth-order valence-corrected chi connectivity index (χ4v) is 3.28. The van der Waals surface area contributed by atoms with Gasteiger partial charge in [0.1, 0.15) is 0 Å². The fraction of sp³-hybridized carbons (Fsp3) is 0.929. The first-order valence-electron chi connectivity index (χ1n) is 7.11. The smallest absolute Gasteiger partial charge is 0.223 e. The Hall–Kier alpha value is -0.570. The van der Waals surface area contributed by atoms with Crippen molar-refractivity contribution in [3.63, 3.8) is 0 Å². The van der Waals surface area contributed by atoms with Crippen LogP contribution in [-0.2, 0) is 4.79 Å². The summed E-state index contributed by atoms with van der Waals surface area (Å²) in [5.41, 5.74) is 0. The molecule has 0 saturated heterocycles. The van der Waals surface area contributed by atoms with Gasteiger partial charge in [0.15, 0.2) is 0 Å². The first-order valence-corrected chi connectivity index (χ1v) is 7.11. The normalized spacial score (nSPS) is 32.4. The van der Waals surface area contributed by atoms with Gasteiger partial charge in [0.25, 0.3) is 0 Å². The van der Waals surface area contributed by atoms with Gasteiger partial charge < -0.3 is 10.4 Å². The molecule has 3 heteroatoms. The largest absolute Gasteiger partial charge is 0.391 e. The number of hydrogen-bond donors (Lipinski definition) is 2. The Morgan fingerprint density at radius 2 is 1.82 bits per heavy atom. The molecule has 2 N–H and O–H groups in total. The Morgan fingerprint density at radius 1 is 1.24 bits per heavy atom. The lowest BCUT2D eigenvalue weighted by Crippen LogP contribution is -2.38. The van der Waals surface area contributed by atoms with E-state index in [9.17, 15) is 9.90 Å². The zero-order chi connectivity index (χ0) is 12.4. The van der Waals surface area contributed by atoms with Crippen LogP contribution in [0.1, 0.15) is 46.0 Å². The first-order chi connectivity index (χ1) is 8.15. The van der Waals surface area contributed by atoms with E-state index in [-0.39, 0.29) is 17.9 Å². The highest BCUT2D eigenvalue weighted by atomic mass is 16.3. The molecule has 0 spiro atoms. The van der Waals surface area contributed by atoms with E-state index in [2.05, 4.69) is 19.2 Å². The number of aliphatic hydroxyl groups excluding tert-OH is 1. The van der Waals surface area contributed by atoms with Gasteiger partial charge >= 0.3 is 0 Å². The molecule has 3 unspecified atom stereocenters. The van der Waals surface area contributed by atoms with E-state index in [0.29, 0.717) is 12.5 Å². The Labute approximate surface area is 104 Å². The third kappa shape index (κ3) is 3.01. The van der Waals surface area contributed by atoms with Crippen molar-refractivity contribution in [3.8, 4) is 0 Å². The summed E-state index contributed by atoms with van der Waals surface area (Å²) in [6.45, 7) is 4.60. The van der Waals surface area contributed by atoms with Crippen LogP contribution in [-0.4, -0.2) is 23.7 Å². The molecule has 3 nitrogen and oxygen atoms in total. The zero-order valence-corrected chi connectivity index (χ0v) is 11.0. The maximum Gasteiger partial charge on any atom is 0.223 e. The molecule has 0 heterocycles. The number of carbonyl (C=O) groups is 1. The van der Waals surface area contributed by atoms with Gasteiger partial charge in [-0.3, -0.25) is 4.79 Å². The SMILES string of the molecule is CCC(CC)C(O)CNC(=O)C1CC2CC2C1. The van der Waals surface area contributed by atoms with Crippen LogP contribution in [0.3, 0.4) is 0 Å². The molecular weight excluding hydrogens is 214 g/mol. The number of rotatable bonds is 6. The summed E-state index contributed by atoms with van der Waals surface area (Å²) >= 11 is 0. The monoisotopic (exact) mass is 239 g/mol. The van der Waals surface area contributed by atoms with Gasteiger partial charge in [-0.25, -0.2) is 0 Å². The van der Waals surface area contributed by atoms with Gasteiger partial charge in [0, 0.05) is 12.5 Å². The summed E-state index contributed by atoms with van der Waals surface area (Å²) in [6.07, 6.45) is 5.07. The van der Waals surface area contributed by atoms with Gasteiger partial charge in [0.05, 0.1) is 6.10 Å². The summed E-state index contributed by atoms with van der Waals surface area (Å²) in [5, 5.41) is 12.9. The summed E-state index contributed by atoms with van der Waals surface area (Å²) in [6, 6.07) is 0. The summed E-state index contributed by atoms with van der Waals surface area (Å²) in [5.74, 6) is 2.39. The molecule has 0 radical (unpaired) electrons. The molecule has 1 amide bonds. The maximum atomic E-state index is 11.9. The van der Waals surface area contributed by atoms with Gasteiger partial charge in [-0.15, -0.1) is 0 Å². The maximum absolute atomic E-state index is 11.9. The molecule has 2 fully saturated rings. The number of fused-ring (bicyclic) bond motifs is 1. The molecule has 2 aliphatic rings. The molecule has 0 aromatic heterocycles. The minimum Gasteiger partial charge on any atom is -0.391 e. The molecule has 2 rings (SSSR count). The Kier molecular flexibility index (Phi) is 4.08. The molecule has 0 bridgehead atoms. The summed E-state index contributed by atoms with van der Waals surface area (Å²) < 4.78 is 0. The molecule has 98 valence electrons. The highest BCUT2D eigenvalue weighted by Crippen LogP contribution is 2.54. The van der Waals surface area contributed by atoms with E-state index >= 15 is 0 Å². The van der Waals surface area contributed by atoms with Gasteiger partial charge in [-0.2, -0.15) is 0 Å². The van der Waals surface area contributed by atoms with E-state index in [1.54, 1.807) is 0 Å². The minimum atomic E-state index is -0.384. The second kappa shape index (κ2) is 5.38. The molecule has 2 saturated carbocycles. The first kappa shape index (κ1) is 12.9. The topological polar surface area (TPSA) is 49.3 Å². The van der Waals surface area contributed by atoms with E-state index in [0.717, 1.165) is 37.5 Å². The van der Waals surface area contributed by atoms with Crippen molar-refractivity contribution in [3.05, 3.63) is 0 Å². The number of amides is 1. The van der Waals surface area contributed by atoms with E-state index in [1.807, 2.05) is 0 Å². The molecule has 0 aliphatic heterocycles. The van der Waals surface area contributed by atoms with Crippen LogP contribution < -0.4 is 5.32 Å². The third-order valence-corrected chi connectivity index (χ3v) is 4.69. The van der Waals surface area contributed by atoms with Crippen LogP contribution in [0, 0.1) is 23.7 Å². The van der Waals surface area contributed by atoms with E-state index < -0.39 is 0 Å². The van der Waals surface area contributed by atoms with Crippen LogP contribution in [0.5, 0.6) is 0 Å². The summed E-state index contributed by atoms with van der Waals surface area (Å²) in [4.78, 5) is 11.9. The van der Waals surface area contributed by atoms with Crippen molar-refractivity contribution in [2.75, 3.05) is 6.54 Å². The molecular formula is C14H25NO2. The number of hydrogen-bond acceptors (Lipinski definition) is 2. The molecule has 17 heavy (non-hydrogen) atoms. The minimum absolute atomic E-state index is 0.169. The van der Waals surface area contributed by atoms with Crippen LogP contribution in [0.25, 0.3) is 0 Å². The standard InChI is InChI=1S/C14H25NO2/c1-3-9(4-2)13(16)8-15-14(17)12-6-10-5-11(10)7-12/h9-13,16H,3-8H2,1-2H3,(H,15,17). The van der Waals surface area contributed by atoms with Crippen molar-refractivity contribution in [1.82, 2.24) is 5.32 Å². The average molecular weight is 239 g/mol. The van der Waals surface area contributed by atoms with Crippen molar-refractivity contribution < 1.29 is 9.90 Å². The van der Waals surface area contributed by atoms with Crippen LogP contribution in [0.15, 0.2) is 0 Å². The highest BCUT2D eigenvalue weighted by Gasteiger charge is 2.47. The van der Waals surface area contributed by atoms with Crippen molar-refractivity contribution in [2.45, 2.75) is 52.1 Å². The quantitative estimate of drug-likeness (QED) is 0.744. The average Bonchev–Trinajstić information content (AvgIpc) is 2.94. The van der Waals surface area contributed by atoms with Crippen LogP contribution in [0.2, 0.25) is 0 Å². The zero-order valence-electron chi connectivity index (χ0n) is 11.0. The van der Waals surface area contributed by atoms with Crippen molar-refractivity contribution >= 4 is 5.91 Å². The van der Waals surface area contributed by atoms with Gasteiger partial charge in [-0.1, -0.05) is 26.7 Å². The fourth-order valence-electron chi connectivity index (χ4n) is 3.28. The van der Waals surface area contributed by atoms with Crippen LogP contribution in [0.4, 0.5) is 0 Å². The lowest BCUT2D eigenvalue weighted by atomic mass is 9.96. The second-order valence-electron chi connectivity index (χ2n) is 5.81. The highest BCUT2D eigenvalue weighted by molar-refractivity contribution is 5.79. The van der Waals surface area contributed by atoms with Crippen molar-refractivity contribution in [1.29, 1.82) is 0 Å². The molecule has 2 aliphatic carbocycles. The third-order valence-electron chi connectivity index (χ3n) is 4.69. The van der Waals surface area contributed by atoms with E-state index in [1.165, 1.54) is 6.42 Å². The molecule has 0 aromatic carbocycles. The predicted molar refractivity (Wildman–Crippen MR) is 67.4 cm³/mol. The number of carbonyl (C=O) groups excluding carboxylic acids is 1. The lowest BCUT2D eigenvalue weighted by molar-refractivity contribution is -0.125. The Balaban J connectivity index is 1.68.